The van der Waals surface area contributed by atoms with Crippen molar-refractivity contribution in [3.05, 3.63) is 20.8 Å². The third-order valence-electron chi connectivity index (χ3n) is 2.50. The first-order chi connectivity index (χ1) is 6.68. The van der Waals surface area contributed by atoms with E-state index in [1.54, 1.807) is 11.3 Å². The topological polar surface area (TPSA) is 35.2 Å². The second-order valence-corrected chi connectivity index (χ2v) is 5.84. The molecule has 1 aliphatic heterocycles. The summed E-state index contributed by atoms with van der Waals surface area (Å²) in [5.41, 5.74) is 6.13. The van der Waals surface area contributed by atoms with E-state index in [9.17, 15) is 0 Å². The van der Waals surface area contributed by atoms with Crippen molar-refractivity contribution in [2.75, 3.05) is 13.2 Å². The number of ether oxygens (including phenoxy) is 1. The highest BCUT2D eigenvalue weighted by atomic mass is 79.9. The normalized spacial score (nSPS) is 27.9. The third kappa shape index (κ3) is 2.57. The molecule has 0 spiro atoms. The standard InChI is InChI=1S/C10H14BrNOS/c11-8-4-9(14-6-8)5-10(12)2-1-3-13-7-10/h4,6H,1-3,5,7,12H2. The van der Waals surface area contributed by atoms with Crippen molar-refractivity contribution in [3.8, 4) is 0 Å². The van der Waals surface area contributed by atoms with Gasteiger partial charge in [-0.15, -0.1) is 11.3 Å². The molecule has 1 saturated heterocycles. The Morgan fingerprint density at radius 2 is 2.50 bits per heavy atom. The van der Waals surface area contributed by atoms with Crippen LogP contribution in [-0.2, 0) is 11.2 Å². The Hall–Kier alpha value is 0.1000. The van der Waals surface area contributed by atoms with Gasteiger partial charge < -0.3 is 10.5 Å². The first-order valence-corrected chi connectivity index (χ1v) is 6.45. The van der Waals surface area contributed by atoms with Gasteiger partial charge in [0.2, 0.25) is 0 Å². The van der Waals surface area contributed by atoms with E-state index in [4.69, 9.17) is 10.5 Å². The van der Waals surface area contributed by atoms with Crippen molar-refractivity contribution in [1.82, 2.24) is 0 Å². The molecule has 2 N–H and O–H groups in total. The van der Waals surface area contributed by atoms with Gasteiger partial charge in [-0.1, -0.05) is 0 Å². The van der Waals surface area contributed by atoms with Crippen LogP contribution in [0.1, 0.15) is 17.7 Å². The van der Waals surface area contributed by atoms with Crippen molar-refractivity contribution >= 4 is 27.3 Å². The maximum atomic E-state index is 6.27. The van der Waals surface area contributed by atoms with Crippen LogP contribution in [0.3, 0.4) is 0 Å². The quantitative estimate of drug-likeness (QED) is 0.901. The summed E-state index contributed by atoms with van der Waals surface area (Å²) in [7, 11) is 0. The van der Waals surface area contributed by atoms with Crippen LogP contribution in [0.25, 0.3) is 0 Å². The summed E-state index contributed by atoms with van der Waals surface area (Å²) in [6, 6.07) is 2.15. The minimum absolute atomic E-state index is 0.136. The van der Waals surface area contributed by atoms with Crippen LogP contribution in [0.15, 0.2) is 15.9 Å². The Labute approximate surface area is 96.6 Å². The predicted molar refractivity (Wildman–Crippen MR) is 62.7 cm³/mol. The van der Waals surface area contributed by atoms with Gasteiger partial charge in [0, 0.05) is 33.3 Å². The van der Waals surface area contributed by atoms with Gasteiger partial charge in [0.15, 0.2) is 0 Å². The van der Waals surface area contributed by atoms with Gasteiger partial charge in [0.1, 0.15) is 0 Å². The Kier molecular flexibility index (Phi) is 3.27. The third-order valence-corrected chi connectivity index (χ3v) is 4.20. The Morgan fingerprint density at radius 3 is 3.07 bits per heavy atom. The molecular formula is C10H14BrNOS. The second kappa shape index (κ2) is 4.31. The number of nitrogens with two attached hydrogens (primary N) is 1. The van der Waals surface area contributed by atoms with Crippen molar-refractivity contribution < 1.29 is 4.74 Å². The predicted octanol–water partition coefficient (Wildman–Crippen LogP) is 2.56. The lowest BCUT2D eigenvalue weighted by molar-refractivity contribution is 0.0385. The van der Waals surface area contributed by atoms with Crippen LogP contribution in [0, 0.1) is 0 Å². The molecule has 0 radical (unpaired) electrons. The van der Waals surface area contributed by atoms with Gasteiger partial charge in [-0.25, -0.2) is 0 Å². The lowest BCUT2D eigenvalue weighted by atomic mass is 9.89. The summed E-state index contributed by atoms with van der Waals surface area (Å²) in [5.74, 6) is 0. The maximum Gasteiger partial charge on any atom is 0.0649 e. The molecule has 0 amide bonds. The average molecular weight is 276 g/mol. The van der Waals surface area contributed by atoms with Gasteiger partial charge in [-0.3, -0.25) is 0 Å². The molecule has 1 atom stereocenters. The van der Waals surface area contributed by atoms with E-state index in [0.29, 0.717) is 6.61 Å². The molecule has 0 aliphatic carbocycles. The highest BCUT2D eigenvalue weighted by molar-refractivity contribution is 9.10. The molecule has 78 valence electrons. The van der Waals surface area contributed by atoms with Crippen LogP contribution in [-0.4, -0.2) is 18.8 Å². The van der Waals surface area contributed by atoms with Crippen LogP contribution >= 0.6 is 27.3 Å². The van der Waals surface area contributed by atoms with Gasteiger partial charge in [-0.05, 0) is 34.8 Å². The number of rotatable bonds is 2. The minimum Gasteiger partial charge on any atom is -0.380 e. The van der Waals surface area contributed by atoms with Gasteiger partial charge in [0.25, 0.3) is 0 Å². The van der Waals surface area contributed by atoms with E-state index in [0.717, 1.165) is 30.3 Å². The summed E-state index contributed by atoms with van der Waals surface area (Å²) in [6.45, 7) is 1.57. The Morgan fingerprint density at radius 1 is 1.64 bits per heavy atom. The van der Waals surface area contributed by atoms with Crippen LogP contribution in [0.2, 0.25) is 0 Å². The molecule has 14 heavy (non-hydrogen) atoms. The van der Waals surface area contributed by atoms with E-state index >= 15 is 0 Å². The molecule has 0 bridgehead atoms. The molecule has 1 fully saturated rings. The zero-order chi connectivity index (χ0) is 10.0. The summed E-state index contributed by atoms with van der Waals surface area (Å²) in [6.07, 6.45) is 3.09. The van der Waals surface area contributed by atoms with E-state index in [1.807, 2.05) is 0 Å². The number of halogens is 1. The first-order valence-electron chi connectivity index (χ1n) is 4.78. The first kappa shape index (κ1) is 10.6. The molecule has 4 heteroatoms. The number of hydrogen-bond acceptors (Lipinski definition) is 3. The largest absolute Gasteiger partial charge is 0.380 e. The maximum absolute atomic E-state index is 6.27. The molecule has 1 aromatic heterocycles. The highest BCUT2D eigenvalue weighted by Gasteiger charge is 2.28. The Balaban J connectivity index is 2.01. The van der Waals surface area contributed by atoms with E-state index < -0.39 is 0 Å². The lowest BCUT2D eigenvalue weighted by Crippen LogP contribution is -2.49. The molecule has 1 unspecified atom stereocenters. The second-order valence-electron chi connectivity index (χ2n) is 3.93. The molecule has 0 aromatic carbocycles. The average Bonchev–Trinajstić information content (AvgIpc) is 2.51. The molecule has 2 nitrogen and oxygen atoms in total. The molecular weight excluding hydrogens is 262 g/mol. The molecule has 0 saturated carbocycles. The monoisotopic (exact) mass is 275 g/mol. The van der Waals surface area contributed by atoms with E-state index in [1.165, 1.54) is 4.88 Å². The van der Waals surface area contributed by atoms with E-state index in [-0.39, 0.29) is 5.54 Å². The fourth-order valence-corrected chi connectivity index (χ4v) is 3.41. The van der Waals surface area contributed by atoms with Crippen molar-refractivity contribution in [2.45, 2.75) is 24.8 Å². The van der Waals surface area contributed by atoms with Crippen LogP contribution in [0.4, 0.5) is 0 Å². The zero-order valence-electron chi connectivity index (χ0n) is 7.96. The zero-order valence-corrected chi connectivity index (χ0v) is 10.4. The van der Waals surface area contributed by atoms with Gasteiger partial charge in [-0.2, -0.15) is 0 Å². The summed E-state index contributed by atoms with van der Waals surface area (Å²) >= 11 is 5.21. The lowest BCUT2D eigenvalue weighted by Gasteiger charge is -2.32. The smallest absolute Gasteiger partial charge is 0.0649 e. The fraction of sp³-hybridized carbons (Fsp3) is 0.600. The molecule has 1 aliphatic rings. The minimum atomic E-state index is -0.136. The van der Waals surface area contributed by atoms with Gasteiger partial charge in [0.05, 0.1) is 6.61 Å². The number of hydrogen-bond donors (Lipinski definition) is 1. The molecule has 1 aromatic rings. The molecule has 2 heterocycles. The van der Waals surface area contributed by atoms with Crippen molar-refractivity contribution in [1.29, 1.82) is 0 Å². The Bertz CT molecular complexity index is 307. The van der Waals surface area contributed by atoms with E-state index in [2.05, 4.69) is 27.4 Å². The van der Waals surface area contributed by atoms with Crippen molar-refractivity contribution in [2.24, 2.45) is 5.73 Å². The van der Waals surface area contributed by atoms with Crippen molar-refractivity contribution in [3.63, 3.8) is 0 Å². The summed E-state index contributed by atoms with van der Waals surface area (Å²) in [5, 5.41) is 2.10. The summed E-state index contributed by atoms with van der Waals surface area (Å²) < 4.78 is 6.58. The highest BCUT2D eigenvalue weighted by Crippen LogP contribution is 2.26. The summed E-state index contributed by atoms with van der Waals surface area (Å²) in [4.78, 5) is 1.34. The SMILES string of the molecule is NC1(Cc2cc(Br)cs2)CCCOC1. The van der Waals surface area contributed by atoms with Crippen LogP contribution < -0.4 is 5.73 Å². The van der Waals surface area contributed by atoms with Crippen LogP contribution in [0.5, 0.6) is 0 Å². The molecule has 2 rings (SSSR count). The van der Waals surface area contributed by atoms with Gasteiger partial charge >= 0.3 is 0 Å². The number of thiophene rings is 1. The fourth-order valence-electron chi connectivity index (χ4n) is 1.81.